The number of fused-ring (bicyclic) bond motifs is 1. The first-order valence-electron chi connectivity index (χ1n) is 7.38. The minimum absolute atomic E-state index is 0.384. The molecule has 1 amide bonds. The fourth-order valence-electron chi connectivity index (χ4n) is 2.45. The molecule has 25 heavy (non-hydrogen) atoms. The third-order valence-electron chi connectivity index (χ3n) is 3.75. The predicted molar refractivity (Wildman–Crippen MR) is 92.3 cm³/mol. The maximum atomic E-state index is 12.8. The van der Waals surface area contributed by atoms with Crippen molar-refractivity contribution >= 4 is 23.0 Å². The Morgan fingerprint density at radius 2 is 1.88 bits per heavy atom. The molecular weight excluding hydrogens is 325 g/mol. The molecule has 7 heteroatoms. The van der Waals surface area contributed by atoms with Gasteiger partial charge >= 0.3 is 0 Å². The number of rotatable bonds is 3. The van der Waals surface area contributed by atoms with Crippen molar-refractivity contribution in [1.82, 2.24) is 9.99 Å². The van der Waals surface area contributed by atoms with E-state index in [1.165, 1.54) is 42.1 Å². The summed E-state index contributed by atoms with van der Waals surface area (Å²) in [5.74, 6) is -1.61. The molecule has 3 aromatic rings. The van der Waals surface area contributed by atoms with Gasteiger partial charge in [-0.05, 0) is 29.8 Å². The van der Waals surface area contributed by atoms with Crippen molar-refractivity contribution in [2.75, 3.05) is 0 Å². The van der Waals surface area contributed by atoms with Gasteiger partial charge in [0.15, 0.2) is 0 Å². The Kier molecular flexibility index (Phi) is 4.30. The molecule has 0 fully saturated rings. The molecule has 1 aromatic heterocycles. The molecule has 0 unspecified atom stereocenters. The number of halogens is 1. The third kappa shape index (κ3) is 3.12. The smallest absolute Gasteiger partial charge is 0.280 e. The van der Waals surface area contributed by atoms with Crippen LogP contribution in [0.2, 0.25) is 0 Å². The van der Waals surface area contributed by atoms with Crippen molar-refractivity contribution < 1.29 is 14.3 Å². The number of amides is 1. The zero-order valence-electron chi connectivity index (χ0n) is 13.2. The molecule has 0 aliphatic carbocycles. The Labute approximate surface area is 141 Å². The summed E-state index contributed by atoms with van der Waals surface area (Å²) in [5.41, 5.74) is 2.25. The second-order valence-electron chi connectivity index (χ2n) is 5.36. The lowest BCUT2D eigenvalue weighted by Crippen LogP contribution is -2.30. The zero-order chi connectivity index (χ0) is 18.0. The summed E-state index contributed by atoms with van der Waals surface area (Å²) >= 11 is 0. The molecule has 0 aliphatic heterocycles. The second kappa shape index (κ2) is 6.56. The molecule has 0 aliphatic rings. The molecule has 2 aromatic carbocycles. The van der Waals surface area contributed by atoms with Crippen LogP contribution in [0.3, 0.4) is 0 Å². The molecule has 0 radical (unpaired) electrons. The van der Waals surface area contributed by atoms with Crippen LogP contribution in [-0.4, -0.2) is 21.8 Å². The van der Waals surface area contributed by atoms with Crippen LogP contribution in [0.1, 0.15) is 15.9 Å². The summed E-state index contributed by atoms with van der Waals surface area (Å²) < 4.78 is 14.1. The zero-order valence-corrected chi connectivity index (χ0v) is 13.2. The van der Waals surface area contributed by atoms with Gasteiger partial charge in [0.05, 0.1) is 11.7 Å². The number of hydrogen-bond donors (Lipinski definition) is 2. The van der Waals surface area contributed by atoms with Crippen molar-refractivity contribution in [1.29, 1.82) is 0 Å². The van der Waals surface area contributed by atoms with E-state index in [1.54, 1.807) is 24.3 Å². The van der Waals surface area contributed by atoms with E-state index < -0.39 is 22.8 Å². The quantitative estimate of drug-likeness (QED) is 0.566. The summed E-state index contributed by atoms with van der Waals surface area (Å²) in [6.07, 6.45) is 1.31. The van der Waals surface area contributed by atoms with Crippen molar-refractivity contribution in [3.8, 4) is 5.75 Å². The first-order chi connectivity index (χ1) is 12.0. The number of aryl methyl sites for hydroxylation is 1. The Bertz CT molecular complexity index is 1040. The Hall–Kier alpha value is -3.48. The topological polar surface area (TPSA) is 83.7 Å². The molecule has 126 valence electrons. The number of pyridine rings is 1. The first-order valence-corrected chi connectivity index (χ1v) is 7.38. The van der Waals surface area contributed by atoms with Gasteiger partial charge in [0, 0.05) is 12.4 Å². The van der Waals surface area contributed by atoms with Crippen LogP contribution in [0.15, 0.2) is 58.4 Å². The van der Waals surface area contributed by atoms with Gasteiger partial charge < -0.3 is 9.67 Å². The minimum Gasteiger partial charge on any atom is -0.506 e. The maximum absolute atomic E-state index is 12.8. The van der Waals surface area contributed by atoms with E-state index in [4.69, 9.17) is 0 Å². The number of carbonyl (C=O) groups excluding carboxylic acids is 1. The number of nitrogens with zero attached hydrogens (tertiary/aromatic N) is 2. The number of hydrogen-bond acceptors (Lipinski definition) is 4. The Balaban J connectivity index is 1.92. The van der Waals surface area contributed by atoms with E-state index in [0.717, 1.165) is 0 Å². The largest absolute Gasteiger partial charge is 0.506 e. The average molecular weight is 339 g/mol. The van der Waals surface area contributed by atoms with Crippen LogP contribution in [0.4, 0.5) is 4.39 Å². The van der Waals surface area contributed by atoms with Gasteiger partial charge in [-0.15, -0.1) is 0 Å². The van der Waals surface area contributed by atoms with E-state index >= 15 is 0 Å². The van der Waals surface area contributed by atoms with E-state index in [-0.39, 0.29) is 5.82 Å². The summed E-state index contributed by atoms with van der Waals surface area (Å²) in [6.45, 7) is 0. The maximum Gasteiger partial charge on any atom is 0.280 e. The van der Waals surface area contributed by atoms with E-state index in [2.05, 4.69) is 10.5 Å². The summed E-state index contributed by atoms with van der Waals surface area (Å²) in [6, 6.07) is 12.2. The third-order valence-corrected chi connectivity index (χ3v) is 3.75. The van der Waals surface area contributed by atoms with Gasteiger partial charge in [-0.1, -0.05) is 24.3 Å². The van der Waals surface area contributed by atoms with Crippen LogP contribution in [-0.2, 0) is 7.05 Å². The highest BCUT2D eigenvalue weighted by molar-refractivity contribution is 6.02. The van der Waals surface area contributed by atoms with Crippen molar-refractivity contribution in [3.63, 3.8) is 0 Å². The van der Waals surface area contributed by atoms with Gasteiger partial charge in [-0.2, -0.15) is 5.10 Å². The monoisotopic (exact) mass is 339 g/mol. The Morgan fingerprint density at radius 3 is 2.60 bits per heavy atom. The van der Waals surface area contributed by atoms with Crippen LogP contribution in [0, 0.1) is 5.82 Å². The Morgan fingerprint density at radius 1 is 1.20 bits per heavy atom. The van der Waals surface area contributed by atoms with Crippen molar-refractivity contribution in [3.05, 3.63) is 75.8 Å². The van der Waals surface area contributed by atoms with Crippen LogP contribution >= 0.6 is 0 Å². The molecule has 3 rings (SSSR count). The fourth-order valence-corrected chi connectivity index (χ4v) is 2.45. The van der Waals surface area contributed by atoms with Gasteiger partial charge in [0.1, 0.15) is 17.1 Å². The number of para-hydroxylation sites is 1. The van der Waals surface area contributed by atoms with Crippen molar-refractivity contribution in [2.45, 2.75) is 0 Å². The minimum atomic E-state index is -0.831. The van der Waals surface area contributed by atoms with Gasteiger partial charge in [-0.25, -0.2) is 9.82 Å². The number of hydrazone groups is 1. The molecule has 2 N–H and O–H groups in total. The fraction of sp³-hybridized carbons (Fsp3) is 0.0556. The van der Waals surface area contributed by atoms with Crippen LogP contribution < -0.4 is 11.0 Å². The lowest BCUT2D eigenvalue weighted by atomic mass is 10.1. The number of benzene rings is 2. The molecule has 6 nitrogen and oxygen atoms in total. The summed E-state index contributed by atoms with van der Waals surface area (Å²) in [5, 5.41) is 14.4. The summed E-state index contributed by atoms with van der Waals surface area (Å²) in [7, 11) is 1.52. The number of aromatic nitrogens is 1. The highest BCUT2D eigenvalue weighted by Crippen LogP contribution is 2.25. The standard InChI is InChI=1S/C18H14FN3O3/c1-22-14-5-3-2-4-13(14)16(23)15(18(22)25)17(24)21-20-10-11-6-8-12(19)9-7-11/h2-10,23H,1H3,(H,21,24). The lowest BCUT2D eigenvalue weighted by Gasteiger charge is -2.10. The van der Waals surface area contributed by atoms with Gasteiger partial charge in [0.25, 0.3) is 11.5 Å². The molecule has 0 bridgehead atoms. The molecule has 1 heterocycles. The second-order valence-corrected chi connectivity index (χ2v) is 5.36. The van der Waals surface area contributed by atoms with Gasteiger partial charge in [-0.3, -0.25) is 9.59 Å². The van der Waals surface area contributed by atoms with Crippen LogP contribution in [0.25, 0.3) is 10.9 Å². The SMILES string of the molecule is Cn1c(=O)c(C(=O)NN=Cc2ccc(F)cc2)c(O)c2ccccc21. The molecule has 0 saturated carbocycles. The molecular formula is C18H14FN3O3. The molecule has 0 atom stereocenters. The predicted octanol–water partition coefficient (Wildman–Crippen LogP) is 2.15. The van der Waals surface area contributed by atoms with E-state index in [9.17, 15) is 19.1 Å². The van der Waals surface area contributed by atoms with Crippen LogP contribution in [0.5, 0.6) is 5.75 Å². The average Bonchev–Trinajstić information content (AvgIpc) is 2.62. The lowest BCUT2D eigenvalue weighted by molar-refractivity contribution is 0.0950. The van der Waals surface area contributed by atoms with E-state index in [0.29, 0.717) is 16.5 Å². The normalized spacial score (nSPS) is 11.1. The summed E-state index contributed by atoms with van der Waals surface area (Å²) in [4.78, 5) is 24.6. The molecule has 0 saturated heterocycles. The molecule has 0 spiro atoms. The number of nitrogens with one attached hydrogen (secondary N) is 1. The van der Waals surface area contributed by atoms with Gasteiger partial charge in [0.2, 0.25) is 0 Å². The van der Waals surface area contributed by atoms with Crippen molar-refractivity contribution in [2.24, 2.45) is 12.1 Å². The first kappa shape index (κ1) is 16.4. The van der Waals surface area contributed by atoms with E-state index in [1.807, 2.05) is 0 Å². The highest BCUT2D eigenvalue weighted by atomic mass is 19.1. The number of aromatic hydroxyl groups is 1. The number of carbonyl (C=O) groups is 1. The highest BCUT2D eigenvalue weighted by Gasteiger charge is 2.20.